The van der Waals surface area contributed by atoms with Crippen LogP contribution in [0.3, 0.4) is 0 Å². The quantitative estimate of drug-likeness (QED) is 0.553. The van der Waals surface area contributed by atoms with E-state index in [1.807, 2.05) is 48.2 Å². The molecule has 10 heteroatoms. The number of anilines is 2. The van der Waals surface area contributed by atoms with Gasteiger partial charge in [-0.1, -0.05) is 0 Å². The van der Waals surface area contributed by atoms with Gasteiger partial charge in [-0.15, -0.1) is 10.2 Å². The summed E-state index contributed by atoms with van der Waals surface area (Å²) < 4.78 is 33.0. The number of hydrogen-bond donors (Lipinski definition) is 1. The van der Waals surface area contributed by atoms with E-state index in [1.165, 1.54) is 23.4 Å². The first kappa shape index (κ1) is 23.7. The molecule has 2 aromatic carbocycles. The summed E-state index contributed by atoms with van der Waals surface area (Å²) in [5.74, 6) is 1.32. The van der Waals surface area contributed by atoms with Crippen molar-refractivity contribution >= 4 is 27.4 Å². The van der Waals surface area contributed by atoms with E-state index in [0.29, 0.717) is 44.3 Å². The maximum atomic E-state index is 13.0. The van der Waals surface area contributed by atoms with Gasteiger partial charge < -0.3 is 15.0 Å². The number of hydrogen-bond acceptors (Lipinski definition) is 7. The highest BCUT2D eigenvalue weighted by atomic mass is 32.2. The van der Waals surface area contributed by atoms with E-state index in [2.05, 4.69) is 15.5 Å². The van der Waals surface area contributed by atoms with Gasteiger partial charge in [-0.05, 0) is 67.6 Å². The predicted molar refractivity (Wildman–Crippen MR) is 130 cm³/mol. The first-order chi connectivity index (χ1) is 16.4. The molecule has 2 heterocycles. The number of carbonyl (C=O) groups excluding carboxylic acids is 1. The lowest BCUT2D eigenvalue weighted by Gasteiger charge is -2.34. The molecule has 4 rings (SSSR count). The molecule has 1 aromatic heterocycles. The zero-order valence-electron chi connectivity index (χ0n) is 19.1. The maximum Gasteiger partial charge on any atom is 0.243 e. The first-order valence-electron chi connectivity index (χ1n) is 11.1. The molecule has 34 heavy (non-hydrogen) atoms. The van der Waals surface area contributed by atoms with Gasteiger partial charge in [0.1, 0.15) is 5.75 Å². The Kier molecular flexibility index (Phi) is 7.09. The van der Waals surface area contributed by atoms with Crippen molar-refractivity contribution in [1.82, 2.24) is 14.5 Å². The molecule has 0 atom stereocenters. The van der Waals surface area contributed by atoms with Crippen LogP contribution in [0, 0.1) is 0 Å². The highest BCUT2D eigenvalue weighted by Crippen LogP contribution is 2.24. The zero-order valence-corrected chi connectivity index (χ0v) is 20.0. The van der Waals surface area contributed by atoms with Crippen molar-refractivity contribution in [2.45, 2.75) is 18.7 Å². The normalized spacial score (nSPS) is 14.6. The van der Waals surface area contributed by atoms with Crippen LogP contribution >= 0.6 is 0 Å². The smallest absolute Gasteiger partial charge is 0.243 e. The molecule has 0 spiro atoms. The summed E-state index contributed by atoms with van der Waals surface area (Å²) in [6.07, 6.45) is 0. The molecule has 178 valence electrons. The van der Waals surface area contributed by atoms with E-state index in [0.717, 1.165) is 17.0 Å². The Labute approximate surface area is 199 Å². The van der Waals surface area contributed by atoms with Crippen LogP contribution in [0.4, 0.5) is 11.5 Å². The number of piperazine rings is 1. The molecular formula is C24H27N5O4S. The van der Waals surface area contributed by atoms with Crippen LogP contribution in [-0.2, 0) is 14.8 Å². The maximum absolute atomic E-state index is 13.0. The van der Waals surface area contributed by atoms with E-state index in [1.54, 1.807) is 12.1 Å². The van der Waals surface area contributed by atoms with Crippen LogP contribution in [0.2, 0.25) is 0 Å². The largest absolute Gasteiger partial charge is 0.494 e. The third-order valence-electron chi connectivity index (χ3n) is 5.49. The van der Waals surface area contributed by atoms with Gasteiger partial charge in [0.05, 0.1) is 17.2 Å². The molecule has 1 aliphatic rings. The Morgan fingerprint density at radius 2 is 1.62 bits per heavy atom. The van der Waals surface area contributed by atoms with Gasteiger partial charge in [0, 0.05) is 44.4 Å². The van der Waals surface area contributed by atoms with Crippen LogP contribution in [-0.4, -0.2) is 61.6 Å². The second-order valence-electron chi connectivity index (χ2n) is 7.83. The standard InChI is InChI=1S/C24H27N5O4S/c1-3-33-21-8-4-19(5-9-21)23-12-13-24(27-26-23)28-14-16-29(17-15-28)34(31,32)22-10-6-20(7-11-22)25-18(2)30/h4-13H,3,14-17H2,1-2H3,(H,25,30). The number of amides is 1. The van der Waals surface area contributed by atoms with Crippen molar-refractivity contribution < 1.29 is 17.9 Å². The minimum Gasteiger partial charge on any atom is -0.494 e. The van der Waals surface area contributed by atoms with Crippen molar-refractivity contribution in [3.63, 3.8) is 0 Å². The number of nitrogens with one attached hydrogen (secondary N) is 1. The molecule has 0 bridgehead atoms. The van der Waals surface area contributed by atoms with Gasteiger partial charge in [-0.25, -0.2) is 8.42 Å². The van der Waals surface area contributed by atoms with Gasteiger partial charge in [0.2, 0.25) is 15.9 Å². The van der Waals surface area contributed by atoms with Gasteiger partial charge >= 0.3 is 0 Å². The summed E-state index contributed by atoms with van der Waals surface area (Å²) >= 11 is 0. The van der Waals surface area contributed by atoms with Crippen molar-refractivity contribution in [2.24, 2.45) is 0 Å². The number of nitrogens with zero attached hydrogens (tertiary/aromatic N) is 4. The molecule has 3 aromatic rings. The summed E-state index contributed by atoms with van der Waals surface area (Å²) in [5.41, 5.74) is 2.27. The monoisotopic (exact) mass is 481 g/mol. The number of carbonyl (C=O) groups is 1. The van der Waals surface area contributed by atoms with Gasteiger partial charge in [-0.2, -0.15) is 4.31 Å². The fraction of sp³-hybridized carbons (Fsp3) is 0.292. The molecule has 0 aliphatic carbocycles. The molecule has 1 amide bonds. The number of sulfonamides is 1. The van der Waals surface area contributed by atoms with Gasteiger partial charge in [-0.3, -0.25) is 4.79 Å². The van der Waals surface area contributed by atoms with Gasteiger partial charge in [0.15, 0.2) is 5.82 Å². The van der Waals surface area contributed by atoms with E-state index >= 15 is 0 Å². The van der Waals surface area contributed by atoms with E-state index < -0.39 is 10.0 Å². The van der Waals surface area contributed by atoms with Crippen LogP contribution in [0.15, 0.2) is 65.6 Å². The lowest BCUT2D eigenvalue weighted by atomic mass is 10.1. The van der Waals surface area contributed by atoms with Crippen molar-refractivity contribution in [2.75, 3.05) is 43.0 Å². The molecule has 0 saturated carbocycles. The third kappa shape index (κ3) is 5.35. The van der Waals surface area contributed by atoms with E-state index in [-0.39, 0.29) is 10.8 Å². The van der Waals surface area contributed by atoms with Crippen LogP contribution < -0.4 is 15.0 Å². The molecule has 1 saturated heterocycles. The van der Waals surface area contributed by atoms with E-state index in [4.69, 9.17) is 4.74 Å². The lowest BCUT2D eigenvalue weighted by molar-refractivity contribution is -0.114. The summed E-state index contributed by atoms with van der Waals surface area (Å²) in [6, 6.07) is 17.7. The lowest BCUT2D eigenvalue weighted by Crippen LogP contribution is -2.49. The number of rotatable bonds is 7. The third-order valence-corrected chi connectivity index (χ3v) is 7.40. The summed E-state index contributed by atoms with van der Waals surface area (Å²) in [6.45, 7) is 5.69. The predicted octanol–water partition coefficient (Wildman–Crippen LogP) is 3.01. The van der Waals surface area contributed by atoms with Crippen molar-refractivity contribution in [3.8, 4) is 17.0 Å². The molecule has 0 radical (unpaired) electrons. The fourth-order valence-corrected chi connectivity index (χ4v) is 5.18. The molecule has 9 nitrogen and oxygen atoms in total. The molecule has 1 aliphatic heterocycles. The fourth-order valence-electron chi connectivity index (χ4n) is 3.76. The van der Waals surface area contributed by atoms with Crippen molar-refractivity contribution in [1.29, 1.82) is 0 Å². The first-order valence-corrected chi connectivity index (χ1v) is 12.5. The molecular weight excluding hydrogens is 454 g/mol. The summed E-state index contributed by atoms with van der Waals surface area (Å²) in [5, 5.41) is 11.3. The Balaban J connectivity index is 1.38. The SMILES string of the molecule is CCOc1ccc(-c2ccc(N3CCN(S(=O)(=O)c4ccc(NC(C)=O)cc4)CC3)nn2)cc1. The zero-order chi connectivity index (χ0) is 24.1. The Bertz CT molecular complexity index is 1220. The van der Waals surface area contributed by atoms with Crippen molar-refractivity contribution in [3.05, 3.63) is 60.7 Å². The Morgan fingerprint density at radius 1 is 0.941 bits per heavy atom. The summed E-state index contributed by atoms with van der Waals surface area (Å²) in [4.78, 5) is 13.4. The average Bonchev–Trinajstić information content (AvgIpc) is 2.85. The second kappa shape index (κ2) is 10.2. The van der Waals surface area contributed by atoms with E-state index in [9.17, 15) is 13.2 Å². The highest BCUT2D eigenvalue weighted by Gasteiger charge is 2.29. The van der Waals surface area contributed by atoms with Gasteiger partial charge in [0.25, 0.3) is 0 Å². The Hall–Kier alpha value is -3.50. The molecule has 0 unspecified atom stereocenters. The average molecular weight is 482 g/mol. The number of benzene rings is 2. The topological polar surface area (TPSA) is 105 Å². The molecule has 1 fully saturated rings. The molecule has 1 N–H and O–H groups in total. The van der Waals surface area contributed by atoms with Crippen LogP contribution in [0.25, 0.3) is 11.3 Å². The second-order valence-corrected chi connectivity index (χ2v) is 9.77. The minimum absolute atomic E-state index is 0.203. The number of ether oxygens (including phenoxy) is 1. The van der Waals surface area contributed by atoms with Crippen LogP contribution in [0.5, 0.6) is 5.75 Å². The van der Waals surface area contributed by atoms with Crippen LogP contribution in [0.1, 0.15) is 13.8 Å². The Morgan fingerprint density at radius 3 is 2.18 bits per heavy atom. The number of aromatic nitrogens is 2. The highest BCUT2D eigenvalue weighted by molar-refractivity contribution is 7.89. The minimum atomic E-state index is -3.62. The summed E-state index contributed by atoms with van der Waals surface area (Å²) in [7, 11) is -3.62.